The lowest BCUT2D eigenvalue weighted by atomic mass is 10.0. The van der Waals surface area contributed by atoms with E-state index in [1.54, 1.807) is 0 Å². The fraction of sp³-hybridized carbons (Fsp3) is 0.167. The van der Waals surface area contributed by atoms with Crippen LogP contribution in [0.5, 0.6) is 0 Å². The zero-order valence-corrected chi connectivity index (χ0v) is 8.32. The normalized spacial score (nSPS) is 17.9. The minimum atomic E-state index is 1.10. The van der Waals surface area contributed by atoms with Gasteiger partial charge in [0.1, 0.15) is 0 Å². The second kappa shape index (κ2) is 2.46. The Labute approximate surface area is 81.2 Å². The van der Waals surface area contributed by atoms with Crippen LogP contribution >= 0.6 is 11.3 Å². The van der Waals surface area contributed by atoms with Crippen molar-refractivity contribution >= 4 is 23.0 Å². The molecule has 3 rings (SSSR count). The molecule has 0 N–H and O–H groups in total. The Balaban J connectivity index is 2.42. The molecule has 1 heteroatoms. The highest BCUT2D eigenvalue weighted by Crippen LogP contribution is 2.23. The number of rotatable bonds is 0. The van der Waals surface area contributed by atoms with Gasteiger partial charge in [0.05, 0.1) is 0 Å². The first-order valence-electron chi connectivity index (χ1n) is 4.53. The van der Waals surface area contributed by atoms with Gasteiger partial charge >= 0.3 is 0 Å². The van der Waals surface area contributed by atoms with Crippen molar-refractivity contribution in [1.29, 1.82) is 0 Å². The molecule has 0 aliphatic heterocycles. The monoisotopic (exact) mass is 186 g/mol. The molecule has 1 aromatic heterocycles. The minimum absolute atomic E-state index is 1.10. The van der Waals surface area contributed by atoms with Crippen LogP contribution in [-0.2, 0) is 0 Å². The third-order valence-electron chi connectivity index (χ3n) is 2.58. The van der Waals surface area contributed by atoms with Crippen LogP contribution in [0.4, 0.5) is 0 Å². The average molecular weight is 186 g/mol. The van der Waals surface area contributed by atoms with Crippen molar-refractivity contribution in [3.8, 4) is 0 Å². The van der Waals surface area contributed by atoms with Gasteiger partial charge < -0.3 is 0 Å². The fourth-order valence-electron chi connectivity index (χ4n) is 1.99. The van der Waals surface area contributed by atoms with Crippen LogP contribution in [0.2, 0.25) is 0 Å². The summed E-state index contributed by atoms with van der Waals surface area (Å²) in [6.07, 6.45) is 10.0. The summed E-state index contributed by atoms with van der Waals surface area (Å²) in [6, 6.07) is 2.31. The number of hydrogen-bond acceptors (Lipinski definition) is 1. The summed E-state index contributed by atoms with van der Waals surface area (Å²) >= 11 is 1.90. The molecule has 0 unspecified atom stereocenters. The number of hydrogen-bond donors (Lipinski definition) is 0. The summed E-state index contributed by atoms with van der Waals surface area (Å²) in [7, 11) is 0. The number of allylic oxidation sites excluding steroid dienone is 4. The molecule has 0 radical (unpaired) electrons. The summed E-state index contributed by atoms with van der Waals surface area (Å²) in [6.45, 7) is 2.18. The summed E-state index contributed by atoms with van der Waals surface area (Å²) in [5.74, 6) is 0. The first-order valence-corrected chi connectivity index (χ1v) is 5.35. The maximum atomic E-state index is 2.31. The number of aryl methyl sites for hydroxylation is 1. The molecule has 2 aliphatic rings. The van der Waals surface area contributed by atoms with E-state index >= 15 is 0 Å². The SMILES string of the molecule is Cc1cc2c(s1)=CC1=CC=CCC=21. The molecule has 0 amide bonds. The lowest BCUT2D eigenvalue weighted by molar-refractivity contribution is 1.36. The summed E-state index contributed by atoms with van der Waals surface area (Å²) < 4.78 is 1.45. The second-order valence-corrected chi connectivity index (χ2v) is 4.80. The van der Waals surface area contributed by atoms with E-state index in [4.69, 9.17) is 0 Å². The van der Waals surface area contributed by atoms with Gasteiger partial charge in [0.25, 0.3) is 0 Å². The highest BCUT2D eigenvalue weighted by Gasteiger charge is 2.12. The molecule has 13 heavy (non-hydrogen) atoms. The molecule has 1 aromatic rings. The molecule has 0 bridgehead atoms. The maximum Gasteiger partial charge on any atom is 0.0354 e. The lowest BCUT2D eigenvalue weighted by Crippen LogP contribution is -2.15. The standard InChI is InChI=1S/C12H10S/c1-8-6-11-10-5-3-2-4-9(10)7-12(11)13-8/h2-4,6-7H,5H2,1H3. The molecule has 0 nitrogen and oxygen atoms in total. The quantitative estimate of drug-likeness (QED) is 0.580. The number of fused-ring (bicyclic) bond motifs is 2. The number of thiophene rings is 1. The molecule has 0 spiro atoms. The topological polar surface area (TPSA) is 0 Å². The van der Waals surface area contributed by atoms with Crippen LogP contribution in [0.1, 0.15) is 11.3 Å². The Hall–Kier alpha value is -1.08. The van der Waals surface area contributed by atoms with Crippen molar-refractivity contribution < 1.29 is 0 Å². The van der Waals surface area contributed by atoms with Gasteiger partial charge in [-0.3, -0.25) is 0 Å². The second-order valence-electron chi connectivity index (χ2n) is 3.51. The van der Waals surface area contributed by atoms with Gasteiger partial charge in [0.2, 0.25) is 0 Å². The third-order valence-corrected chi connectivity index (χ3v) is 3.58. The molecule has 1 heterocycles. The smallest absolute Gasteiger partial charge is 0.0354 e. The molecule has 0 atom stereocenters. The Morgan fingerprint density at radius 1 is 1.38 bits per heavy atom. The fourth-order valence-corrected chi connectivity index (χ4v) is 2.99. The van der Waals surface area contributed by atoms with E-state index < -0.39 is 0 Å². The molecule has 0 saturated heterocycles. The summed E-state index contributed by atoms with van der Waals surface area (Å²) in [4.78, 5) is 1.42. The molecular weight excluding hydrogens is 176 g/mol. The molecule has 64 valence electrons. The van der Waals surface area contributed by atoms with Gasteiger partial charge in [-0.25, -0.2) is 0 Å². The van der Waals surface area contributed by atoms with Crippen molar-refractivity contribution in [3.05, 3.63) is 44.5 Å². The van der Waals surface area contributed by atoms with Gasteiger partial charge in [-0.15, -0.1) is 11.3 Å². The van der Waals surface area contributed by atoms with Crippen LogP contribution in [0, 0.1) is 6.92 Å². The molecule has 0 saturated carbocycles. The Bertz CT molecular complexity index is 538. The molecule has 0 aromatic carbocycles. The maximum absolute atomic E-state index is 2.31. The highest BCUT2D eigenvalue weighted by atomic mass is 32.1. The van der Waals surface area contributed by atoms with Crippen molar-refractivity contribution in [1.82, 2.24) is 0 Å². The van der Waals surface area contributed by atoms with Crippen LogP contribution in [0.25, 0.3) is 11.6 Å². The van der Waals surface area contributed by atoms with Gasteiger partial charge in [0, 0.05) is 9.41 Å². The van der Waals surface area contributed by atoms with E-state index in [1.807, 2.05) is 11.3 Å². The van der Waals surface area contributed by atoms with Gasteiger partial charge in [-0.2, -0.15) is 0 Å². The Morgan fingerprint density at radius 3 is 3.23 bits per heavy atom. The van der Waals surface area contributed by atoms with Crippen LogP contribution in [0.15, 0.2) is 29.9 Å². The van der Waals surface area contributed by atoms with Crippen molar-refractivity contribution in [3.63, 3.8) is 0 Å². The van der Waals surface area contributed by atoms with Gasteiger partial charge in [0.15, 0.2) is 0 Å². The molecule has 0 fully saturated rings. The predicted octanol–water partition coefficient (Wildman–Crippen LogP) is 1.89. The molecule has 2 aliphatic carbocycles. The zero-order valence-electron chi connectivity index (χ0n) is 7.50. The van der Waals surface area contributed by atoms with E-state index in [0.717, 1.165) is 6.42 Å². The summed E-state index contributed by atoms with van der Waals surface area (Å²) in [5, 5.41) is 1.47. The largest absolute Gasteiger partial charge is 0.141 e. The molecular formula is C12H10S. The van der Waals surface area contributed by atoms with Crippen molar-refractivity contribution in [2.24, 2.45) is 0 Å². The van der Waals surface area contributed by atoms with Crippen LogP contribution in [-0.4, -0.2) is 0 Å². The van der Waals surface area contributed by atoms with Crippen LogP contribution in [0.3, 0.4) is 0 Å². The van der Waals surface area contributed by atoms with Crippen molar-refractivity contribution in [2.75, 3.05) is 0 Å². The van der Waals surface area contributed by atoms with E-state index in [-0.39, 0.29) is 0 Å². The van der Waals surface area contributed by atoms with E-state index in [0.29, 0.717) is 0 Å². The first kappa shape index (κ1) is 7.34. The lowest BCUT2D eigenvalue weighted by Gasteiger charge is -2.04. The predicted molar refractivity (Wildman–Crippen MR) is 58.0 cm³/mol. The third kappa shape index (κ3) is 0.971. The van der Waals surface area contributed by atoms with Crippen molar-refractivity contribution in [2.45, 2.75) is 13.3 Å². The minimum Gasteiger partial charge on any atom is -0.141 e. The van der Waals surface area contributed by atoms with Gasteiger partial charge in [-0.1, -0.05) is 18.2 Å². The van der Waals surface area contributed by atoms with E-state index in [2.05, 4.69) is 37.3 Å². The zero-order chi connectivity index (χ0) is 8.84. The average Bonchev–Trinajstić information content (AvgIpc) is 2.60. The Kier molecular flexibility index (Phi) is 1.39. The van der Waals surface area contributed by atoms with E-state index in [9.17, 15) is 0 Å². The Morgan fingerprint density at radius 2 is 2.31 bits per heavy atom. The van der Waals surface area contributed by atoms with Gasteiger partial charge in [-0.05, 0) is 41.9 Å². The summed E-state index contributed by atoms with van der Waals surface area (Å²) in [5.41, 5.74) is 2.94. The van der Waals surface area contributed by atoms with Crippen LogP contribution < -0.4 is 9.75 Å². The first-order chi connectivity index (χ1) is 6.34. The highest BCUT2D eigenvalue weighted by molar-refractivity contribution is 7.09. The van der Waals surface area contributed by atoms with E-state index in [1.165, 1.54) is 25.8 Å².